The van der Waals surface area contributed by atoms with Gasteiger partial charge in [0.2, 0.25) is 0 Å². The minimum absolute atomic E-state index is 0.0842. The summed E-state index contributed by atoms with van der Waals surface area (Å²) in [7, 11) is 0. The lowest BCUT2D eigenvalue weighted by Gasteiger charge is -2.28. The average molecular weight is 213 g/mol. The molecule has 3 nitrogen and oxygen atoms in total. The Balaban J connectivity index is 1.68. The average Bonchev–Trinajstić information content (AvgIpc) is 2.61. The second-order valence-electron chi connectivity index (χ2n) is 5.20. The van der Waals surface area contributed by atoms with Crippen LogP contribution in [0.1, 0.15) is 44.9 Å². The van der Waals surface area contributed by atoms with Crippen LogP contribution in [0.25, 0.3) is 0 Å². The van der Waals surface area contributed by atoms with Crippen molar-refractivity contribution in [3.63, 3.8) is 0 Å². The van der Waals surface area contributed by atoms with Gasteiger partial charge in [-0.05, 0) is 51.0 Å². The highest BCUT2D eigenvalue weighted by atomic mass is 16.3. The van der Waals surface area contributed by atoms with E-state index in [9.17, 15) is 10.2 Å². The van der Waals surface area contributed by atoms with Crippen molar-refractivity contribution >= 4 is 0 Å². The molecule has 0 aromatic heterocycles. The zero-order valence-electron chi connectivity index (χ0n) is 9.36. The summed E-state index contributed by atoms with van der Waals surface area (Å²) in [5.41, 5.74) is 0. The molecule has 2 aliphatic rings. The summed E-state index contributed by atoms with van der Waals surface area (Å²) in [5.74, 6) is 0.613. The van der Waals surface area contributed by atoms with Gasteiger partial charge in [0.05, 0.1) is 12.2 Å². The van der Waals surface area contributed by atoms with Crippen LogP contribution < -0.4 is 5.32 Å². The van der Waals surface area contributed by atoms with Crippen molar-refractivity contribution < 1.29 is 10.2 Å². The molecule has 0 aromatic rings. The first kappa shape index (κ1) is 11.4. The summed E-state index contributed by atoms with van der Waals surface area (Å²) in [6, 6.07) is 0.309. The Labute approximate surface area is 91.9 Å². The van der Waals surface area contributed by atoms with E-state index in [4.69, 9.17) is 0 Å². The van der Waals surface area contributed by atoms with Gasteiger partial charge in [-0.1, -0.05) is 6.42 Å². The number of hydrogen-bond acceptors (Lipinski definition) is 3. The Bertz CT molecular complexity index is 198. The number of rotatable bonds is 3. The van der Waals surface area contributed by atoms with E-state index in [1.165, 1.54) is 6.42 Å². The van der Waals surface area contributed by atoms with Crippen LogP contribution in [0.5, 0.6) is 0 Å². The number of aliphatic hydroxyl groups is 2. The van der Waals surface area contributed by atoms with Crippen molar-refractivity contribution in [1.29, 1.82) is 0 Å². The Morgan fingerprint density at radius 2 is 1.80 bits per heavy atom. The van der Waals surface area contributed by atoms with E-state index in [2.05, 4.69) is 5.32 Å². The molecule has 2 rings (SSSR count). The molecule has 3 heteroatoms. The van der Waals surface area contributed by atoms with Gasteiger partial charge in [-0.2, -0.15) is 0 Å². The van der Waals surface area contributed by atoms with Crippen molar-refractivity contribution in [2.75, 3.05) is 6.54 Å². The van der Waals surface area contributed by atoms with E-state index >= 15 is 0 Å². The second-order valence-corrected chi connectivity index (χ2v) is 5.20. The molecular weight excluding hydrogens is 190 g/mol. The fourth-order valence-corrected chi connectivity index (χ4v) is 2.94. The summed E-state index contributed by atoms with van der Waals surface area (Å²) in [4.78, 5) is 0. The number of aliphatic hydroxyl groups excluding tert-OH is 2. The van der Waals surface area contributed by atoms with Gasteiger partial charge in [-0.15, -0.1) is 0 Å². The third kappa shape index (κ3) is 3.16. The van der Waals surface area contributed by atoms with Crippen molar-refractivity contribution in [3.05, 3.63) is 0 Å². The van der Waals surface area contributed by atoms with Gasteiger partial charge in [0, 0.05) is 6.04 Å². The van der Waals surface area contributed by atoms with Crippen molar-refractivity contribution in [2.24, 2.45) is 5.92 Å². The van der Waals surface area contributed by atoms with Crippen LogP contribution in [-0.2, 0) is 0 Å². The van der Waals surface area contributed by atoms with Crippen LogP contribution in [0.4, 0.5) is 0 Å². The van der Waals surface area contributed by atoms with E-state index in [1.807, 2.05) is 0 Å². The SMILES string of the molecule is OC1CCCC(CNC2CCCC2O)C1. The van der Waals surface area contributed by atoms with Gasteiger partial charge in [0.1, 0.15) is 0 Å². The van der Waals surface area contributed by atoms with E-state index in [0.717, 1.165) is 45.1 Å². The third-order valence-corrected chi connectivity index (χ3v) is 3.90. The monoisotopic (exact) mass is 213 g/mol. The van der Waals surface area contributed by atoms with Crippen molar-refractivity contribution in [2.45, 2.75) is 63.2 Å². The van der Waals surface area contributed by atoms with Gasteiger partial charge in [-0.3, -0.25) is 0 Å². The van der Waals surface area contributed by atoms with E-state index < -0.39 is 0 Å². The lowest BCUT2D eigenvalue weighted by Crippen LogP contribution is -2.39. The molecule has 0 saturated heterocycles. The standard InChI is InChI=1S/C12H23NO2/c14-10-4-1-3-9(7-10)8-13-11-5-2-6-12(11)15/h9-15H,1-8H2. The highest BCUT2D eigenvalue weighted by Crippen LogP contribution is 2.25. The fraction of sp³-hybridized carbons (Fsp3) is 1.00. The van der Waals surface area contributed by atoms with E-state index in [0.29, 0.717) is 12.0 Å². The molecular formula is C12H23NO2. The summed E-state index contributed by atoms with van der Waals surface area (Å²) in [6.07, 6.45) is 7.28. The zero-order chi connectivity index (χ0) is 10.7. The lowest BCUT2D eigenvalue weighted by molar-refractivity contribution is 0.0948. The summed E-state index contributed by atoms with van der Waals surface area (Å²) in [5, 5.41) is 22.7. The first-order chi connectivity index (χ1) is 7.25. The predicted octanol–water partition coefficient (Wildman–Crippen LogP) is 1.04. The molecule has 15 heavy (non-hydrogen) atoms. The molecule has 2 fully saturated rings. The number of nitrogens with one attached hydrogen (secondary N) is 1. The van der Waals surface area contributed by atoms with Crippen LogP contribution in [0.15, 0.2) is 0 Å². The van der Waals surface area contributed by atoms with Crippen LogP contribution in [0.2, 0.25) is 0 Å². The molecule has 4 atom stereocenters. The first-order valence-electron chi connectivity index (χ1n) is 6.35. The van der Waals surface area contributed by atoms with Crippen LogP contribution in [-0.4, -0.2) is 35.0 Å². The number of hydrogen-bond donors (Lipinski definition) is 3. The minimum Gasteiger partial charge on any atom is -0.393 e. The second kappa shape index (κ2) is 5.28. The Morgan fingerprint density at radius 3 is 2.47 bits per heavy atom. The smallest absolute Gasteiger partial charge is 0.0693 e. The summed E-state index contributed by atoms with van der Waals surface area (Å²) in [6.45, 7) is 0.971. The van der Waals surface area contributed by atoms with Gasteiger partial charge < -0.3 is 15.5 Å². The topological polar surface area (TPSA) is 52.5 Å². The molecule has 0 aromatic carbocycles. The fourth-order valence-electron chi connectivity index (χ4n) is 2.94. The molecule has 4 unspecified atom stereocenters. The molecule has 2 aliphatic carbocycles. The molecule has 0 heterocycles. The van der Waals surface area contributed by atoms with Crippen LogP contribution >= 0.6 is 0 Å². The summed E-state index contributed by atoms with van der Waals surface area (Å²) < 4.78 is 0. The molecule has 88 valence electrons. The molecule has 0 radical (unpaired) electrons. The summed E-state index contributed by atoms with van der Waals surface area (Å²) >= 11 is 0. The molecule has 2 saturated carbocycles. The molecule has 0 aliphatic heterocycles. The van der Waals surface area contributed by atoms with Gasteiger partial charge in [-0.25, -0.2) is 0 Å². The predicted molar refractivity (Wildman–Crippen MR) is 59.6 cm³/mol. The molecule has 0 amide bonds. The zero-order valence-corrected chi connectivity index (χ0v) is 9.36. The molecule has 3 N–H and O–H groups in total. The highest BCUT2D eigenvalue weighted by molar-refractivity contribution is 4.84. The lowest BCUT2D eigenvalue weighted by atomic mass is 9.87. The van der Waals surface area contributed by atoms with Gasteiger partial charge in [0.25, 0.3) is 0 Å². The maximum Gasteiger partial charge on any atom is 0.0693 e. The van der Waals surface area contributed by atoms with Gasteiger partial charge >= 0.3 is 0 Å². The highest BCUT2D eigenvalue weighted by Gasteiger charge is 2.26. The van der Waals surface area contributed by atoms with Gasteiger partial charge in [0.15, 0.2) is 0 Å². The Hall–Kier alpha value is -0.120. The third-order valence-electron chi connectivity index (χ3n) is 3.90. The normalized spacial score (nSPS) is 42.0. The van der Waals surface area contributed by atoms with E-state index in [-0.39, 0.29) is 12.2 Å². The quantitative estimate of drug-likeness (QED) is 0.656. The molecule has 0 bridgehead atoms. The van der Waals surface area contributed by atoms with E-state index in [1.54, 1.807) is 0 Å². The maximum absolute atomic E-state index is 9.66. The Morgan fingerprint density at radius 1 is 1.00 bits per heavy atom. The first-order valence-corrected chi connectivity index (χ1v) is 6.35. The largest absolute Gasteiger partial charge is 0.393 e. The van der Waals surface area contributed by atoms with Crippen LogP contribution in [0, 0.1) is 5.92 Å². The molecule has 0 spiro atoms. The maximum atomic E-state index is 9.66. The Kier molecular flexibility index (Phi) is 4.00. The minimum atomic E-state index is -0.140. The van der Waals surface area contributed by atoms with Crippen molar-refractivity contribution in [3.8, 4) is 0 Å². The van der Waals surface area contributed by atoms with Crippen LogP contribution in [0.3, 0.4) is 0 Å². The van der Waals surface area contributed by atoms with Crippen molar-refractivity contribution in [1.82, 2.24) is 5.32 Å².